The number of nitrogens with one attached hydrogen (secondary N) is 1. The second-order valence-electron chi connectivity index (χ2n) is 3.34. The van der Waals surface area contributed by atoms with Gasteiger partial charge in [-0.2, -0.15) is 11.8 Å². The molecular formula is C9H19NOS. The molecule has 0 unspecified atom stereocenters. The molecule has 0 aliphatic carbocycles. The number of rotatable bonds is 5. The van der Waals surface area contributed by atoms with Gasteiger partial charge in [-0.1, -0.05) is 0 Å². The largest absolute Gasteiger partial charge is 0.396 e. The SMILES string of the molecule is OCCCNCC1CCSCC1. The predicted octanol–water partition coefficient (Wildman–Crippen LogP) is 1.10. The van der Waals surface area contributed by atoms with Crippen LogP contribution < -0.4 is 5.32 Å². The molecule has 1 fully saturated rings. The van der Waals surface area contributed by atoms with E-state index in [-0.39, 0.29) is 0 Å². The van der Waals surface area contributed by atoms with Crippen LogP contribution in [0.3, 0.4) is 0 Å². The van der Waals surface area contributed by atoms with E-state index in [2.05, 4.69) is 17.1 Å². The monoisotopic (exact) mass is 189 g/mol. The van der Waals surface area contributed by atoms with Crippen molar-refractivity contribution in [1.29, 1.82) is 0 Å². The Kier molecular flexibility index (Phi) is 5.82. The van der Waals surface area contributed by atoms with Gasteiger partial charge in [-0.3, -0.25) is 0 Å². The smallest absolute Gasteiger partial charge is 0.0443 e. The van der Waals surface area contributed by atoms with Crippen LogP contribution in [-0.2, 0) is 0 Å². The molecule has 12 heavy (non-hydrogen) atoms. The minimum absolute atomic E-state index is 0.313. The van der Waals surface area contributed by atoms with Crippen LogP contribution in [0.4, 0.5) is 0 Å². The molecule has 0 spiro atoms. The van der Waals surface area contributed by atoms with Crippen molar-refractivity contribution in [3.63, 3.8) is 0 Å². The Balaban J connectivity index is 1.91. The van der Waals surface area contributed by atoms with Gasteiger partial charge < -0.3 is 10.4 Å². The van der Waals surface area contributed by atoms with Crippen molar-refractivity contribution in [2.75, 3.05) is 31.2 Å². The first-order valence-corrected chi connectivity index (χ1v) is 5.98. The summed E-state index contributed by atoms with van der Waals surface area (Å²) < 4.78 is 0. The van der Waals surface area contributed by atoms with E-state index in [0.717, 1.165) is 25.4 Å². The Morgan fingerprint density at radius 2 is 2.08 bits per heavy atom. The van der Waals surface area contributed by atoms with Crippen LogP contribution in [0.1, 0.15) is 19.3 Å². The van der Waals surface area contributed by atoms with Gasteiger partial charge in [0.2, 0.25) is 0 Å². The molecule has 3 heteroatoms. The van der Waals surface area contributed by atoms with Gasteiger partial charge in [-0.05, 0) is 49.8 Å². The third-order valence-electron chi connectivity index (χ3n) is 2.29. The second-order valence-corrected chi connectivity index (χ2v) is 4.56. The molecule has 0 saturated carbocycles. The maximum Gasteiger partial charge on any atom is 0.0443 e. The van der Waals surface area contributed by atoms with Crippen LogP contribution in [0, 0.1) is 5.92 Å². The molecule has 0 radical (unpaired) electrons. The molecule has 1 rings (SSSR count). The van der Waals surface area contributed by atoms with Gasteiger partial charge in [0.05, 0.1) is 0 Å². The van der Waals surface area contributed by atoms with Gasteiger partial charge in [-0.25, -0.2) is 0 Å². The Morgan fingerprint density at radius 1 is 1.33 bits per heavy atom. The fourth-order valence-corrected chi connectivity index (χ4v) is 2.66. The highest BCUT2D eigenvalue weighted by atomic mass is 32.2. The van der Waals surface area contributed by atoms with Gasteiger partial charge in [0.1, 0.15) is 0 Å². The Morgan fingerprint density at radius 3 is 2.75 bits per heavy atom. The van der Waals surface area contributed by atoms with E-state index in [1.807, 2.05) is 0 Å². The highest BCUT2D eigenvalue weighted by Crippen LogP contribution is 2.21. The molecule has 72 valence electrons. The van der Waals surface area contributed by atoms with Gasteiger partial charge in [0.15, 0.2) is 0 Å². The minimum atomic E-state index is 0.313. The summed E-state index contributed by atoms with van der Waals surface area (Å²) in [5.41, 5.74) is 0. The molecule has 2 N–H and O–H groups in total. The topological polar surface area (TPSA) is 32.3 Å². The molecular weight excluding hydrogens is 170 g/mol. The van der Waals surface area contributed by atoms with Crippen molar-refractivity contribution in [2.45, 2.75) is 19.3 Å². The molecule has 0 bridgehead atoms. The standard InChI is InChI=1S/C9H19NOS/c11-5-1-4-10-8-9-2-6-12-7-3-9/h9-11H,1-8H2. The zero-order valence-corrected chi connectivity index (χ0v) is 8.41. The van der Waals surface area contributed by atoms with E-state index in [1.54, 1.807) is 0 Å². The van der Waals surface area contributed by atoms with E-state index in [9.17, 15) is 0 Å². The van der Waals surface area contributed by atoms with Crippen molar-refractivity contribution in [2.24, 2.45) is 5.92 Å². The quantitative estimate of drug-likeness (QED) is 0.635. The van der Waals surface area contributed by atoms with Crippen LogP contribution in [0.25, 0.3) is 0 Å². The third-order valence-corrected chi connectivity index (χ3v) is 3.33. The molecule has 0 atom stereocenters. The average Bonchev–Trinajstić information content (AvgIpc) is 2.14. The molecule has 0 aromatic rings. The lowest BCUT2D eigenvalue weighted by Gasteiger charge is -2.21. The molecule has 1 aliphatic heterocycles. The molecule has 0 amide bonds. The van der Waals surface area contributed by atoms with Crippen LogP contribution in [-0.4, -0.2) is 36.3 Å². The highest BCUT2D eigenvalue weighted by Gasteiger charge is 2.12. The molecule has 0 aromatic carbocycles. The number of thioether (sulfide) groups is 1. The Bertz CT molecular complexity index is 105. The number of hydrogen-bond acceptors (Lipinski definition) is 3. The lowest BCUT2D eigenvalue weighted by molar-refractivity contribution is 0.284. The normalized spacial score (nSPS) is 19.8. The number of aliphatic hydroxyl groups is 1. The van der Waals surface area contributed by atoms with Crippen molar-refractivity contribution in [3.8, 4) is 0 Å². The summed E-state index contributed by atoms with van der Waals surface area (Å²) in [5.74, 6) is 3.57. The molecule has 2 nitrogen and oxygen atoms in total. The first-order chi connectivity index (χ1) is 5.93. The van der Waals surface area contributed by atoms with Crippen molar-refractivity contribution >= 4 is 11.8 Å². The van der Waals surface area contributed by atoms with E-state index < -0.39 is 0 Å². The van der Waals surface area contributed by atoms with E-state index >= 15 is 0 Å². The van der Waals surface area contributed by atoms with E-state index in [0.29, 0.717) is 6.61 Å². The fourth-order valence-electron chi connectivity index (χ4n) is 1.46. The fraction of sp³-hybridized carbons (Fsp3) is 1.00. The van der Waals surface area contributed by atoms with Gasteiger partial charge in [-0.15, -0.1) is 0 Å². The maximum atomic E-state index is 8.56. The van der Waals surface area contributed by atoms with Crippen molar-refractivity contribution in [1.82, 2.24) is 5.32 Å². The lowest BCUT2D eigenvalue weighted by atomic mass is 10.0. The predicted molar refractivity (Wildman–Crippen MR) is 54.6 cm³/mol. The first kappa shape index (κ1) is 10.4. The van der Waals surface area contributed by atoms with E-state index in [4.69, 9.17) is 5.11 Å². The first-order valence-electron chi connectivity index (χ1n) is 4.83. The van der Waals surface area contributed by atoms with Gasteiger partial charge in [0, 0.05) is 6.61 Å². The number of aliphatic hydroxyl groups excluding tert-OH is 1. The molecule has 1 heterocycles. The Labute approximate surface area is 79.1 Å². The van der Waals surface area contributed by atoms with Crippen LogP contribution >= 0.6 is 11.8 Å². The molecule has 1 saturated heterocycles. The zero-order valence-electron chi connectivity index (χ0n) is 7.59. The van der Waals surface area contributed by atoms with Gasteiger partial charge in [0.25, 0.3) is 0 Å². The summed E-state index contributed by atoms with van der Waals surface area (Å²) in [4.78, 5) is 0. The second kappa shape index (κ2) is 6.75. The van der Waals surface area contributed by atoms with Crippen molar-refractivity contribution in [3.05, 3.63) is 0 Å². The summed E-state index contributed by atoms with van der Waals surface area (Å²) in [6.07, 6.45) is 3.63. The van der Waals surface area contributed by atoms with Gasteiger partial charge >= 0.3 is 0 Å². The summed E-state index contributed by atoms with van der Waals surface area (Å²) >= 11 is 2.07. The number of hydrogen-bond donors (Lipinski definition) is 2. The van der Waals surface area contributed by atoms with E-state index in [1.165, 1.54) is 24.3 Å². The summed E-state index contributed by atoms with van der Waals surface area (Å²) in [5, 5.41) is 11.9. The molecule has 0 aromatic heterocycles. The van der Waals surface area contributed by atoms with Crippen LogP contribution in [0.15, 0.2) is 0 Å². The van der Waals surface area contributed by atoms with Crippen molar-refractivity contribution < 1.29 is 5.11 Å². The zero-order chi connectivity index (χ0) is 8.65. The highest BCUT2D eigenvalue weighted by molar-refractivity contribution is 7.99. The summed E-state index contributed by atoms with van der Waals surface area (Å²) in [7, 11) is 0. The molecule has 1 aliphatic rings. The van der Waals surface area contributed by atoms with Crippen LogP contribution in [0.5, 0.6) is 0 Å². The average molecular weight is 189 g/mol. The lowest BCUT2D eigenvalue weighted by Crippen LogP contribution is -2.26. The van der Waals surface area contributed by atoms with Crippen LogP contribution in [0.2, 0.25) is 0 Å². The Hall–Kier alpha value is 0.270. The summed E-state index contributed by atoms with van der Waals surface area (Å²) in [6.45, 7) is 2.44. The third kappa shape index (κ3) is 4.33. The minimum Gasteiger partial charge on any atom is -0.396 e. The summed E-state index contributed by atoms with van der Waals surface area (Å²) in [6, 6.07) is 0. The maximum absolute atomic E-state index is 8.56.